The first-order valence-electron chi connectivity index (χ1n) is 7.79. The number of carbonyl (C=O) groups excluding carboxylic acids is 1. The Bertz CT molecular complexity index is 491. The lowest BCUT2D eigenvalue weighted by Crippen LogP contribution is -2.51. The average Bonchev–Trinajstić information content (AvgIpc) is 2.52. The van der Waals surface area contributed by atoms with E-state index in [1.165, 1.54) is 5.56 Å². The van der Waals surface area contributed by atoms with Gasteiger partial charge in [0.15, 0.2) is 0 Å². The molecule has 0 spiro atoms. The molecule has 1 amide bonds. The van der Waals surface area contributed by atoms with Crippen LogP contribution in [0, 0.1) is 0 Å². The molecular weight excluding hydrogens is 280 g/mol. The first kappa shape index (κ1) is 16.8. The van der Waals surface area contributed by atoms with Crippen molar-refractivity contribution in [1.82, 2.24) is 10.6 Å². The number of benzene rings is 1. The molecule has 2 rings (SSSR count). The lowest BCUT2D eigenvalue weighted by Gasteiger charge is -2.23. The highest BCUT2D eigenvalue weighted by atomic mass is 16.5. The van der Waals surface area contributed by atoms with Crippen LogP contribution in [0.25, 0.3) is 0 Å². The molecule has 2 N–H and O–H groups in total. The van der Waals surface area contributed by atoms with Crippen LogP contribution < -0.4 is 15.4 Å². The van der Waals surface area contributed by atoms with Gasteiger partial charge in [0.25, 0.3) is 0 Å². The second-order valence-electron chi connectivity index (χ2n) is 6.50. The van der Waals surface area contributed by atoms with Crippen LogP contribution in [0.3, 0.4) is 0 Å². The summed E-state index contributed by atoms with van der Waals surface area (Å²) in [6.45, 7) is 9.26. The van der Waals surface area contributed by atoms with Crippen LogP contribution in [0.4, 0.5) is 0 Å². The van der Waals surface area contributed by atoms with Crippen molar-refractivity contribution < 1.29 is 14.3 Å². The fraction of sp³-hybridized carbons (Fsp3) is 0.588. The van der Waals surface area contributed by atoms with E-state index < -0.39 is 0 Å². The molecule has 0 aliphatic carbocycles. The normalized spacial score (nSPS) is 18.8. The van der Waals surface area contributed by atoms with Crippen LogP contribution in [-0.4, -0.2) is 44.9 Å². The van der Waals surface area contributed by atoms with Gasteiger partial charge in [0.1, 0.15) is 18.4 Å². The highest BCUT2D eigenvalue weighted by molar-refractivity contribution is 5.81. The van der Waals surface area contributed by atoms with Gasteiger partial charge in [0.2, 0.25) is 5.91 Å². The molecule has 1 aromatic carbocycles. The predicted octanol–water partition coefficient (Wildman–Crippen LogP) is 1.47. The minimum absolute atomic E-state index is 0.0354. The number of hydrogen-bond donors (Lipinski definition) is 2. The molecule has 22 heavy (non-hydrogen) atoms. The summed E-state index contributed by atoms with van der Waals surface area (Å²) in [4.78, 5) is 11.9. The smallest absolute Gasteiger partial charge is 0.239 e. The van der Waals surface area contributed by atoms with Crippen LogP contribution >= 0.6 is 0 Å². The van der Waals surface area contributed by atoms with Gasteiger partial charge in [0.05, 0.1) is 19.8 Å². The van der Waals surface area contributed by atoms with Gasteiger partial charge in [-0.25, -0.2) is 0 Å². The summed E-state index contributed by atoms with van der Waals surface area (Å²) < 4.78 is 11.0. The number of morpholine rings is 1. The van der Waals surface area contributed by atoms with Gasteiger partial charge in [0, 0.05) is 6.54 Å². The third-order valence-electron chi connectivity index (χ3n) is 3.61. The number of nitrogens with one attached hydrogen (secondary N) is 2. The zero-order valence-electron chi connectivity index (χ0n) is 13.6. The van der Waals surface area contributed by atoms with Crippen LogP contribution in [0.2, 0.25) is 0 Å². The van der Waals surface area contributed by atoms with Crippen molar-refractivity contribution in [2.24, 2.45) is 0 Å². The zero-order valence-corrected chi connectivity index (χ0v) is 13.6. The summed E-state index contributed by atoms with van der Waals surface area (Å²) in [5, 5.41) is 5.98. The summed E-state index contributed by atoms with van der Waals surface area (Å²) in [5.41, 5.74) is 1.33. The van der Waals surface area contributed by atoms with E-state index in [0.29, 0.717) is 32.9 Å². The topological polar surface area (TPSA) is 59.6 Å². The van der Waals surface area contributed by atoms with E-state index >= 15 is 0 Å². The van der Waals surface area contributed by atoms with Gasteiger partial charge in [-0.05, 0) is 23.1 Å². The summed E-state index contributed by atoms with van der Waals surface area (Å²) in [6.07, 6.45) is 0. The molecule has 1 fully saturated rings. The van der Waals surface area contributed by atoms with E-state index in [0.717, 1.165) is 5.75 Å². The highest BCUT2D eigenvalue weighted by Crippen LogP contribution is 2.25. The summed E-state index contributed by atoms with van der Waals surface area (Å²) >= 11 is 0. The molecule has 1 heterocycles. The van der Waals surface area contributed by atoms with Gasteiger partial charge in [-0.15, -0.1) is 0 Å². The fourth-order valence-electron chi connectivity index (χ4n) is 2.25. The Kier molecular flexibility index (Phi) is 5.80. The molecule has 0 bridgehead atoms. The summed E-state index contributed by atoms with van der Waals surface area (Å²) in [6, 6.07) is 7.84. The molecule has 1 saturated heterocycles. The standard InChI is InChI=1S/C17H26N2O3/c1-17(2,3)13-5-4-6-14(11-13)22-10-8-19-16(20)15-12-21-9-7-18-15/h4-6,11,15,18H,7-10,12H2,1-3H3,(H,19,20)/t15-/m0/s1. The third kappa shape index (κ3) is 5.00. The maximum atomic E-state index is 11.9. The molecule has 0 saturated carbocycles. The lowest BCUT2D eigenvalue weighted by molar-refractivity contribution is -0.126. The molecule has 5 nitrogen and oxygen atoms in total. The van der Waals surface area contributed by atoms with Gasteiger partial charge in [-0.3, -0.25) is 4.79 Å². The van der Waals surface area contributed by atoms with Crippen LogP contribution in [0.5, 0.6) is 5.75 Å². The second-order valence-corrected chi connectivity index (χ2v) is 6.50. The van der Waals surface area contributed by atoms with E-state index in [1.54, 1.807) is 0 Å². The Balaban J connectivity index is 1.73. The monoisotopic (exact) mass is 306 g/mol. The van der Waals surface area contributed by atoms with Crippen molar-refractivity contribution in [3.05, 3.63) is 29.8 Å². The Morgan fingerprint density at radius 3 is 2.95 bits per heavy atom. The van der Waals surface area contributed by atoms with Gasteiger partial charge < -0.3 is 20.1 Å². The first-order chi connectivity index (χ1) is 10.5. The molecule has 122 valence electrons. The van der Waals surface area contributed by atoms with Crippen molar-refractivity contribution in [1.29, 1.82) is 0 Å². The van der Waals surface area contributed by atoms with Crippen molar-refractivity contribution in [2.75, 3.05) is 32.9 Å². The van der Waals surface area contributed by atoms with E-state index in [1.807, 2.05) is 12.1 Å². The second kappa shape index (κ2) is 7.61. The predicted molar refractivity (Wildman–Crippen MR) is 86.3 cm³/mol. The van der Waals surface area contributed by atoms with Crippen LogP contribution in [0.15, 0.2) is 24.3 Å². The van der Waals surface area contributed by atoms with Crippen molar-refractivity contribution in [3.63, 3.8) is 0 Å². The first-order valence-corrected chi connectivity index (χ1v) is 7.79. The average molecular weight is 306 g/mol. The molecule has 0 unspecified atom stereocenters. The minimum atomic E-state index is -0.252. The number of hydrogen-bond acceptors (Lipinski definition) is 4. The van der Waals surface area contributed by atoms with Crippen molar-refractivity contribution in [3.8, 4) is 5.75 Å². The highest BCUT2D eigenvalue weighted by Gasteiger charge is 2.20. The lowest BCUT2D eigenvalue weighted by atomic mass is 9.87. The van der Waals surface area contributed by atoms with Crippen molar-refractivity contribution >= 4 is 5.91 Å². The zero-order chi connectivity index (χ0) is 16.0. The van der Waals surface area contributed by atoms with Crippen LogP contribution in [-0.2, 0) is 14.9 Å². The number of carbonyl (C=O) groups is 1. The van der Waals surface area contributed by atoms with E-state index in [9.17, 15) is 4.79 Å². The molecule has 1 atom stereocenters. The molecule has 1 aliphatic rings. The van der Waals surface area contributed by atoms with Gasteiger partial charge >= 0.3 is 0 Å². The third-order valence-corrected chi connectivity index (χ3v) is 3.61. The van der Waals surface area contributed by atoms with E-state index in [2.05, 4.69) is 43.5 Å². The molecule has 1 aromatic rings. The Labute approximate surface area is 132 Å². The van der Waals surface area contributed by atoms with Gasteiger partial charge in [-0.1, -0.05) is 32.9 Å². The SMILES string of the molecule is CC(C)(C)c1cccc(OCCNC(=O)[C@@H]2COCCN2)c1. The van der Waals surface area contributed by atoms with Gasteiger partial charge in [-0.2, -0.15) is 0 Å². The molecule has 5 heteroatoms. The van der Waals surface area contributed by atoms with E-state index in [4.69, 9.17) is 9.47 Å². The number of rotatable bonds is 5. The molecule has 0 radical (unpaired) electrons. The van der Waals surface area contributed by atoms with E-state index in [-0.39, 0.29) is 17.4 Å². The molecular formula is C17H26N2O3. The Morgan fingerprint density at radius 2 is 2.27 bits per heavy atom. The number of ether oxygens (including phenoxy) is 2. The number of amides is 1. The molecule has 0 aromatic heterocycles. The van der Waals surface area contributed by atoms with Crippen molar-refractivity contribution in [2.45, 2.75) is 32.2 Å². The summed E-state index contributed by atoms with van der Waals surface area (Å²) in [5.74, 6) is 0.799. The Hall–Kier alpha value is -1.59. The molecule has 1 aliphatic heterocycles. The quantitative estimate of drug-likeness (QED) is 0.809. The summed E-state index contributed by atoms with van der Waals surface area (Å²) in [7, 11) is 0. The largest absolute Gasteiger partial charge is 0.492 e. The maximum Gasteiger partial charge on any atom is 0.239 e. The van der Waals surface area contributed by atoms with Crippen LogP contribution in [0.1, 0.15) is 26.3 Å². The fourth-order valence-corrected chi connectivity index (χ4v) is 2.25. The maximum absolute atomic E-state index is 11.9. The minimum Gasteiger partial charge on any atom is -0.492 e. The Morgan fingerprint density at radius 1 is 1.45 bits per heavy atom.